The summed E-state index contributed by atoms with van der Waals surface area (Å²) in [6.07, 6.45) is 2.53. The van der Waals surface area contributed by atoms with Crippen molar-refractivity contribution in [3.05, 3.63) is 64.1 Å². The second kappa shape index (κ2) is 10.2. The zero-order valence-corrected chi connectivity index (χ0v) is 21.8. The average Bonchev–Trinajstić information content (AvgIpc) is 3.19. The molecule has 12 heteroatoms. The van der Waals surface area contributed by atoms with Crippen LogP contribution in [0.1, 0.15) is 24.2 Å². The normalized spacial score (nSPS) is 12.5. The fourth-order valence-electron chi connectivity index (χ4n) is 4.19. The molecule has 0 spiro atoms. The lowest BCUT2D eigenvalue weighted by Gasteiger charge is -2.19. The number of aryl methyl sites for hydroxylation is 1. The number of H-pyrrole nitrogens is 1. The first-order valence-electron chi connectivity index (χ1n) is 11.4. The van der Waals surface area contributed by atoms with Gasteiger partial charge in [0, 0.05) is 29.6 Å². The Bertz CT molecular complexity index is 1630. The number of nitrogens with zero attached hydrogens (tertiary/aromatic N) is 3. The summed E-state index contributed by atoms with van der Waals surface area (Å²) in [5.41, 5.74) is 1.60. The molecule has 3 heterocycles. The molecule has 0 amide bonds. The van der Waals surface area contributed by atoms with Crippen molar-refractivity contribution in [1.29, 1.82) is 0 Å². The molecule has 0 saturated carbocycles. The second-order valence-corrected chi connectivity index (χ2v) is 10.6. The predicted octanol–water partition coefficient (Wildman–Crippen LogP) is 3.28. The number of aromatic amines is 1. The molecular weight excluding hydrogens is 503 g/mol. The molecule has 10 nitrogen and oxygen atoms in total. The molecule has 4 aromatic rings. The summed E-state index contributed by atoms with van der Waals surface area (Å²) in [5, 5.41) is 0. The Morgan fingerprint density at radius 3 is 2.51 bits per heavy atom. The highest BCUT2D eigenvalue weighted by Crippen LogP contribution is 2.33. The number of hydrogen-bond acceptors (Lipinski definition) is 8. The van der Waals surface area contributed by atoms with E-state index in [4.69, 9.17) is 14.2 Å². The van der Waals surface area contributed by atoms with Crippen LogP contribution in [0.4, 0.5) is 4.39 Å². The van der Waals surface area contributed by atoms with Crippen molar-refractivity contribution in [2.45, 2.75) is 19.9 Å². The Morgan fingerprint density at radius 1 is 1.14 bits per heavy atom. The van der Waals surface area contributed by atoms with Crippen LogP contribution in [-0.4, -0.2) is 60.8 Å². The number of hydrogen-bond donors (Lipinski definition) is 1. The van der Waals surface area contributed by atoms with Gasteiger partial charge in [-0.25, -0.2) is 27.6 Å². The molecule has 0 unspecified atom stereocenters. The van der Waals surface area contributed by atoms with Gasteiger partial charge >= 0.3 is 5.69 Å². The van der Waals surface area contributed by atoms with Gasteiger partial charge in [0.05, 0.1) is 43.8 Å². The molecular formula is C25H27FN4O6S. The number of rotatable bonds is 9. The van der Waals surface area contributed by atoms with Gasteiger partial charge in [-0.1, -0.05) is 0 Å². The highest BCUT2D eigenvalue weighted by atomic mass is 32.2. The second-order valence-electron chi connectivity index (χ2n) is 8.43. The maximum Gasteiger partial charge on any atom is 0.328 e. The van der Waals surface area contributed by atoms with Crippen molar-refractivity contribution < 1.29 is 27.0 Å². The van der Waals surface area contributed by atoms with E-state index in [2.05, 4.69) is 15.0 Å². The van der Waals surface area contributed by atoms with Gasteiger partial charge in [0.25, 0.3) is 5.88 Å². The Balaban J connectivity index is 1.91. The lowest BCUT2D eigenvalue weighted by atomic mass is 10.0. The average molecular weight is 531 g/mol. The van der Waals surface area contributed by atoms with Crippen LogP contribution in [-0.2, 0) is 9.84 Å². The van der Waals surface area contributed by atoms with Crippen molar-refractivity contribution in [3.63, 3.8) is 0 Å². The lowest BCUT2D eigenvalue weighted by molar-refractivity contribution is 0.296. The van der Waals surface area contributed by atoms with Gasteiger partial charge in [-0.05, 0) is 43.7 Å². The van der Waals surface area contributed by atoms with E-state index in [0.717, 1.165) is 6.26 Å². The van der Waals surface area contributed by atoms with Crippen molar-refractivity contribution >= 4 is 21.0 Å². The van der Waals surface area contributed by atoms with Crippen LogP contribution in [0.3, 0.4) is 0 Å². The van der Waals surface area contributed by atoms with Crippen molar-refractivity contribution in [1.82, 2.24) is 19.5 Å². The molecule has 1 atom stereocenters. The zero-order valence-electron chi connectivity index (χ0n) is 21.0. The van der Waals surface area contributed by atoms with E-state index in [1.807, 2.05) is 0 Å². The van der Waals surface area contributed by atoms with Crippen LogP contribution in [0.5, 0.6) is 17.4 Å². The predicted molar refractivity (Wildman–Crippen MR) is 137 cm³/mol. The Kier molecular flexibility index (Phi) is 7.21. The van der Waals surface area contributed by atoms with Gasteiger partial charge in [-0.3, -0.25) is 4.57 Å². The smallest absolute Gasteiger partial charge is 0.328 e. The van der Waals surface area contributed by atoms with E-state index in [0.29, 0.717) is 34.7 Å². The van der Waals surface area contributed by atoms with Crippen LogP contribution in [0, 0.1) is 12.7 Å². The maximum absolute atomic E-state index is 14.8. The molecule has 37 heavy (non-hydrogen) atoms. The number of fused-ring (bicyclic) bond motifs is 1. The van der Waals surface area contributed by atoms with Gasteiger partial charge in [0.1, 0.15) is 21.4 Å². The molecule has 0 aliphatic carbocycles. The van der Waals surface area contributed by atoms with Crippen LogP contribution in [0.2, 0.25) is 0 Å². The molecule has 0 fully saturated rings. The minimum absolute atomic E-state index is 0.176. The minimum Gasteiger partial charge on any atom is -0.497 e. The minimum atomic E-state index is -3.57. The first-order chi connectivity index (χ1) is 17.6. The third-order valence-electron chi connectivity index (χ3n) is 5.93. The molecule has 1 N–H and O–H groups in total. The zero-order chi connectivity index (χ0) is 26.9. The number of methoxy groups -OCH3 is 2. The molecule has 3 aromatic heterocycles. The van der Waals surface area contributed by atoms with Gasteiger partial charge in [-0.2, -0.15) is 0 Å². The molecule has 1 aromatic carbocycles. The van der Waals surface area contributed by atoms with Crippen LogP contribution >= 0.6 is 0 Å². The Hall–Kier alpha value is -3.93. The molecule has 0 aliphatic rings. The first-order valence-corrected chi connectivity index (χ1v) is 13.4. The number of halogens is 1. The lowest BCUT2D eigenvalue weighted by Crippen LogP contribution is -2.29. The SMILES string of the molecule is CCOc1nc([C@@H](CS(C)(=O)=O)n2c(=O)[nH]c3c(C)c(-c4ccc(OC)cc4F)cnc32)ccc1OC. The van der Waals surface area contributed by atoms with Gasteiger partial charge in [0.2, 0.25) is 0 Å². The van der Waals surface area contributed by atoms with Crippen LogP contribution in [0.25, 0.3) is 22.3 Å². The van der Waals surface area contributed by atoms with Crippen molar-refractivity contribution in [2.75, 3.05) is 32.8 Å². The standard InChI is InChI=1S/C25H27FN4O6S/c1-6-36-24-21(35-4)10-9-19(28-24)20(13-37(5,32)33)30-23-22(29-25(30)31)14(2)17(12-27-23)16-8-7-15(34-3)11-18(16)26/h7-12,20H,6,13H2,1-5H3,(H,29,31)/t20-/m1/s1. The maximum atomic E-state index is 14.8. The highest BCUT2D eigenvalue weighted by Gasteiger charge is 2.28. The number of sulfone groups is 1. The van der Waals surface area contributed by atoms with Crippen LogP contribution in [0.15, 0.2) is 41.3 Å². The highest BCUT2D eigenvalue weighted by molar-refractivity contribution is 7.90. The van der Waals surface area contributed by atoms with E-state index in [9.17, 15) is 17.6 Å². The van der Waals surface area contributed by atoms with E-state index in [1.165, 1.54) is 31.0 Å². The van der Waals surface area contributed by atoms with E-state index in [1.54, 1.807) is 38.1 Å². The number of nitrogens with one attached hydrogen (secondary N) is 1. The number of aromatic nitrogens is 4. The first kappa shape index (κ1) is 26.1. The summed E-state index contributed by atoms with van der Waals surface area (Å²) >= 11 is 0. The molecule has 4 rings (SSSR count). The van der Waals surface area contributed by atoms with E-state index in [-0.39, 0.29) is 22.8 Å². The van der Waals surface area contributed by atoms with E-state index >= 15 is 0 Å². The van der Waals surface area contributed by atoms with E-state index < -0.39 is 33.1 Å². The van der Waals surface area contributed by atoms with Gasteiger partial charge < -0.3 is 19.2 Å². The Labute approximate surface area is 213 Å². The number of imidazole rings is 1. The van der Waals surface area contributed by atoms with Gasteiger partial charge in [-0.15, -0.1) is 0 Å². The molecule has 0 bridgehead atoms. The fraction of sp³-hybridized carbons (Fsp3) is 0.320. The number of ether oxygens (including phenoxy) is 3. The number of pyridine rings is 2. The molecule has 0 aliphatic heterocycles. The van der Waals surface area contributed by atoms with Crippen molar-refractivity contribution in [2.24, 2.45) is 0 Å². The largest absolute Gasteiger partial charge is 0.497 e. The van der Waals surface area contributed by atoms with Crippen LogP contribution < -0.4 is 19.9 Å². The summed E-state index contributed by atoms with van der Waals surface area (Å²) in [6, 6.07) is 6.63. The molecule has 196 valence electrons. The molecule has 0 saturated heterocycles. The monoisotopic (exact) mass is 530 g/mol. The van der Waals surface area contributed by atoms with Gasteiger partial charge in [0.15, 0.2) is 11.4 Å². The summed E-state index contributed by atoms with van der Waals surface area (Å²) in [6.45, 7) is 3.82. The summed E-state index contributed by atoms with van der Waals surface area (Å²) in [7, 11) is -0.660. The number of benzene rings is 1. The Morgan fingerprint density at radius 2 is 1.89 bits per heavy atom. The fourth-order valence-corrected chi connectivity index (χ4v) is 5.08. The summed E-state index contributed by atoms with van der Waals surface area (Å²) < 4.78 is 56.8. The quantitative estimate of drug-likeness (QED) is 0.350. The third-order valence-corrected chi connectivity index (χ3v) is 6.85. The third kappa shape index (κ3) is 5.15. The summed E-state index contributed by atoms with van der Waals surface area (Å²) in [5.74, 6) is -0.00785. The summed E-state index contributed by atoms with van der Waals surface area (Å²) in [4.78, 5) is 24.9. The molecule has 0 radical (unpaired) electrons. The topological polar surface area (TPSA) is 125 Å². The van der Waals surface area contributed by atoms with Crippen molar-refractivity contribution in [3.8, 4) is 28.5 Å².